The number of likely N-dealkylation sites (tertiary alicyclic amines) is 1. The molecule has 40 heavy (non-hydrogen) atoms. The van der Waals surface area contributed by atoms with Gasteiger partial charge < -0.3 is 10.0 Å². The van der Waals surface area contributed by atoms with Crippen molar-refractivity contribution in [3.05, 3.63) is 69.7 Å². The molecule has 1 saturated heterocycles. The van der Waals surface area contributed by atoms with Gasteiger partial charge in [0.05, 0.1) is 17.9 Å². The van der Waals surface area contributed by atoms with Crippen LogP contribution >= 0.6 is 23.2 Å². The van der Waals surface area contributed by atoms with E-state index < -0.39 is 63.4 Å². The lowest BCUT2D eigenvalue weighted by molar-refractivity contribution is -0.161. The van der Waals surface area contributed by atoms with Gasteiger partial charge in [0.1, 0.15) is 5.25 Å². The second kappa shape index (κ2) is 11.9. The molecule has 0 spiro atoms. The van der Waals surface area contributed by atoms with Crippen LogP contribution in [0, 0.1) is 11.3 Å². The number of carbonyl (C=O) groups is 2. The van der Waals surface area contributed by atoms with Crippen LogP contribution in [-0.4, -0.2) is 54.6 Å². The minimum Gasteiger partial charge on any atom is -0.481 e. The largest absolute Gasteiger partial charge is 0.481 e. The number of rotatable bonds is 11. The summed E-state index contributed by atoms with van der Waals surface area (Å²) in [5, 5.41) is 8.79. The highest BCUT2D eigenvalue weighted by molar-refractivity contribution is 7.90. The van der Waals surface area contributed by atoms with Crippen molar-refractivity contribution in [2.45, 2.75) is 69.2 Å². The van der Waals surface area contributed by atoms with E-state index in [1.807, 2.05) is 6.07 Å². The van der Waals surface area contributed by atoms with Crippen LogP contribution in [-0.2, 0) is 19.6 Å². The minimum atomic E-state index is -4.39. The van der Waals surface area contributed by atoms with E-state index in [9.17, 15) is 31.9 Å². The number of sulfonamides is 1. The Labute approximate surface area is 242 Å². The van der Waals surface area contributed by atoms with E-state index in [-0.39, 0.29) is 18.9 Å². The summed E-state index contributed by atoms with van der Waals surface area (Å²) in [7, 11) is -4.39. The molecule has 1 amide bonds. The summed E-state index contributed by atoms with van der Waals surface area (Å²) in [4.78, 5) is 27.9. The van der Waals surface area contributed by atoms with E-state index >= 15 is 0 Å². The van der Waals surface area contributed by atoms with Gasteiger partial charge in [-0.2, -0.15) is 0 Å². The Hall–Kier alpha value is -2.27. The molecule has 5 unspecified atom stereocenters. The lowest BCUT2D eigenvalue weighted by atomic mass is 9.67. The third kappa shape index (κ3) is 6.61. The molecule has 218 valence electrons. The number of carbonyl (C=O) groups excluding carboxylic acids is 1. The maximum atomic E-state index is 14.3. The molecule has 2 aromatic carbocycles. The predicted molar refractivity (Wildman–Crippen MR) is 149 cm³/mol. The van der Waals surface area contributed by atoms with Gasteiger partial charge in [-0.15, -0.1) is 0 Å². The molecule has 2 aromatic rings. The molecule has 5 atom stereocenters. The molecule has 1 aliphatic heterocycles. The van der Waals surface area contributed by atoms with Crippen molar-refractivity contribution in [2.24, 2.45) is 11.3 Å². The van der Waals surface area contributed by atoms with Crippen LogP contribution < -0.4 is 4.72 Å². The monoisotopic (exact) mass is 616 g/mol. The second-order valence-electron chi connectivity index (χ2n) is 11.0. The highest BCUT2D eigenvalue weighted by atomic mass is 35.5. The maximum Gasteiger partial charge on any atom is 0.304 e. The fourth-order valence-corrected chi connectivity index (χ4v) is 6.95. The Kier molecular flexibility index (Phi) is 9.14. The molecule has 0 aromatic heterocycles. The van der Waals surface area contributed by atoms with E-state index in [2.05, 4.69) is 4.72 Å². The number of aliphatic carboxylic acids is 1. The molecule has 2 fully saturated rings. The number of amides is 1. The van der Waals surface area contributed by atoms with Gasteiger partial charge in [0.2, 0.25) is 15.9 Å². The Morgan fingerprint density at radius 2 is 1.77 bits per heavy atom. The third-order valence-corrected chi connectivity index (χ3v) is 10.2. The summed E-state index contributed by atoms with van der Waals surface area (Å²) in [6.45, 7) is 2.27. The fourth-order valence-electron chi connectivity index (χ4n) is 5.69. The first-order valence-electron chi connectivity index (χ1n) is 13.1. The number of piperidine rings is 1. The van der Waals surface area contributed by atoms with Gasteiger partial charge in [0, 0.05) is 28.5 Å². The van der Waals surface area contributed by atoms with Gasteiger partial charge in [-0.05, 0) is 67.5 Å². The molecule has 0 bridgehead atoms. The normalized spacial score (nSPS) is 25.2. The summed E-state index contributed by atoms with van der Waals surface area (Å²) in [5.74, 6) is -2.05. The van der Waals surface area contributed by atoms with Crippen LogP contribution in [0.3, 0.4) is 0 Å². The van der Waals surface area contributed by atoms with E-state index in [1.54, 1.807) is 54.3 Å². The minimum absolute atomic E-state index is 0.0875. The van der Waals surface area contributed by atoms with E-state index in [4.69, 9.17) is 23.2 Å². The molecule has 1 saturated carbocycles. The van der Waals surface area contributed by atoms with Crippen LogP contribution in [0.4, 0.5) is 8.78 Å². The first-order valence-corrected chi connectivity index (χ1v) is 15.4. The lowest BCUT2D eigenvalue weighted by Gasteiger charge is -2.52. The van der Waals surface area contributed by atoms with Gasteiger partial charge in [0.25, 0.3) is 6.43 Å². The average Bonchev–Trinajstić information content (AvgIpc) is 3.71. The number of nitrogens with zero attached hydrogens (tertiary/aromatic N) is 1. The Morgan fingerprint density at radius 3 is 2.33 bits per heavy atom. The van der Waals surface area contributed by atoms with Gasteiger partial charge in [-0.1, -0.05) is 54.4 Å². The quantitative estimate of drug-likeness (QED) is 0.328. The van der Waals surface area contributed by atoms with Crippen molar-refractivity contribution in [1.29, 1.82) is 0 Å². The summed E-state index contributed by atoms with van der Waals surface area (Å²) in [6.07, 6.45) is -1.88. The first kappa shape index (κ1) is 30.7. The van der Waals surface area contributed by atoms with Crippen molar-refractivity contribution in [3.63, 3.8) is 0 Å². The summed E-state index contributed by atoms with van der Waals surface area (Å²) in [6, 6.07) is 12.8. The third-order valence-electron chi connectivity index (χ3n) is 7.99. The molecular formula is C28H32Cl2F2N2O5S. The average molecular weight is 618 g/mol. The Morgan fingerprint density at radius 1 is 1.12 bits per heavy atom. The molecule has 2 N–H and O–H groups in total. The number of halogens is 4. The zero-order chi connectivity index (χ0) is 29.4. The van der Waals surface area contributed by atoms with Crippen molar-refractivity contribution in [1.82, 2.24) is 9.62 Å². The van der Waals surface area contributed by atoms with Crippen LogP contribution in [0.5, 0.6) is 0 Å². The molecule has 1 aliphatic carbocycles. The standard InChI is InChI=1S/C28H32Cl2F2N2O5S/c1-16(26(31)32)40(38,39)33-15-23(17-6-7-17)34-25(18-8-10-20(29)11-9-18)22(19-4-3-5-21(30)12-19)13-28(2,27(34)37)14-24(35)36/h3-5,8-12,16-17,22-23,25-26,33H,6-7,13-15H2,1-2H3,(H,35,36). The number of hydrogen-bond acceptors (Lipinski definition) is 4. The predicted octanol–water partition coefficient (Wildman–Crippen LogP) is 5.88. The van der Waals surface area contributed by atoms with Gasteiger partial charge in [-0.25, -0.2) is 21.9 Å². The van der Waals surface area contributed by atoms with Crippen LogP contribution in [0.2, 0.25) is 10.0 Å². The number of hydrogen-bond donors (Lipinski definition) is 2. The molecule has 0 radical (unpaired) electrons. The molecular weight excluding hydrogens is 585 g/mol. The molecule has 4 rings (SSSR count). The van der Waals surface area contributed by atoms with E-state index in [0.29, 0.717) is 22.9 Å². The topological polar surface area (TPSA) is 104 Å². The van der Waals surface area contributed by atoms with E-state index in [0.717, 1.165) is 18.1 Å². The SMILES string of the molecule is CC(C(F)F)S(=O)(=O)NCC(C1CC1)N1C(=O)C(C)(CC(=O)O)CC(c2cccc(Cl)c2)C1c1ccc(Cl)cc1. The Balaban J connectivity index is 1.85. The smallest absolute Gasteiger partial charge is 0.304 e. The number of carboxylic acids is 1. The van der Waals surface area contributed by atoms with Crippen LogP contribution in [0.15, 0.2) is 48.5 Å². The van der Waals surface area contributed by atoms with E-state index in [1.165, 1.54) is 0 Å². The summed E-state index contributed by atoms with van der Waals surface area (Å²) < 4.78 is 54.2. The summed E-state index contributed by atoms with van der Waals surface area (Å²) in [5.41, 5.74) is 0.210. The number of carboxylic acid groups (broad SMARTS) is 1. The van der Waals surface area contributed by atoms with Crippen molar-refractivity contribution < 1.29 is 31.9 Å². The Bertz CT molecular complexity index is 1360. The zero-order valence-electron chi connectivity index (χ0n) is 22.1. The first-order chi connectivity index (χ1) is 18.7. The molecule has 12 heteroatoms. The molecule has 2 aliphatic rings. The van der Waals surface area contributed by atoms with Crippen LogP contribution in [0.1, 0.15) is 62.6 Å². The number of alkyl halides is 2. The van der Waals surface area contributed by atoms with Crippen LogP contribution in [0.25, 0.3) is 0 Å². The lowest BCUT2D eigenvalue weighted by Crippen LogP contribution is -2.59. The molecule has 1 heterocycles. The summed E-state index contributed by atoms with van der Waals surface area (Å²) >= 11 is 12.5. The number of benzene rings is 2. The van der Waals surface area contributed by atoms with Crippen molar-refractivity contribution >= 4 is 45.1 Å². The fraction of sp³-hybridized carbons (Fsp3) is 0.500. The second-order valence-corrected chi connectivity index (χ2v) is 14.0. The maximum absolute atomic E-state index is 14.3. The van der Waals surface area contributed by atoms with Gasteiger partial charge >= 0.3 is 5.97 Å². The zero-order valence-corrected chi connectivity index (χ0v) is 24.4. The van der Waals surface area contributed by atoms with Gasteiger partial charge in [-0.3, -0.25) is 9.59 Å². The van der Waals surface area contributed by atoms with Crippen molar-refractivity contribution in [3.8, 4) is 0 Å². The highest BCUT2D eigenvalue weighted by Gasteiger charge is 2.54. The number of nitrogens with one attached hydrogen (secondary N) is 1. The van der Waals surface area contributed by atoms with Gasteiger partial charge in [0.15, 0.2) is 0 Å². The molecule has 7 nitrogen and oxygen atoms in total. The van der Waals surface area contributed by atoms with Crippen molar-refractivity contribution in [2.75, 3.05) is 6.54 Å². The highest BCUT2D eigenvalue weighted by Crippen LogP contribution is 2.54.